The molecule has 0 aliphatic rings. The van der Waals surface area contributed by atoms with E-state index in [2.05, 4.69) is 4.90 Å². The lowest BCUT2D eigenvalue weighted by molar-refractivity contribution is -0.385. The quantitative estimate of drug-likeness (QED) is 0.622. The molecule has 0 aliphatic carbocycles. The summed E-state index contributed by atoms with van der Waals surface area (Å²) >= 11 is 0. The standard InChI is InChI=1S/C13H20N2O3/c1-10(2)14(7-8-16)9-12-5-4-6-13(11(12)3)15(17)18/h4-6,10,16H,7-9H2,1-3H3. The van der Waals surface area contributed by atoms with Gasteiger partial charge in [-0.15, -0.1) is 0 Å². The first-order valence-electron chi connectivity index (χ1n) is 6.05. The number of aliphatic hydroxyl groups is 1. The van der Waals surface area contributed by atoms with E-state index in [1.807, 2.05) is 19.9 Å². The first-order valence-corrected chi connectivity index (χ1v) is 6.05. The van der Waals surface area contributed by atoms with Crippen molar-refractivity contribution in [2.75, 3.05) is 13.2 Å². The minimum atomic E-state index is -0.357. The van der Waals surface area contributed by atoms with Gasteiger partial charge in [0.15, 0.2) is 0 Å². The second kappa shape index (κ2) is 6.47. The molecule has 0 heterocycles. The zero-order valence-electron chi connectivity index (χ0n) is 11.1. The zero-order valence-corrected chi connectivity index (χ0v) is 11.1. The monoisotopic (exact) mass is 252 g/mol. The molecule has 1 aromatic rings. The molecule has 0 saturated heterocycles. The molecule has 1 aromatic carbocycles. The Balaban J connectivity index is 2.96. The summed E-state index contributed by atoms with van der Waals surface area (Å²) in [6, 6.07) is 5.41. The van der Waals surface area contributed by atoms with Crippen molar-refractivity contribution in [3.63, 3.8) is 0 Å². The maximum absolute atomic E-state index is 10.9. The van der Waals surface area contributed by atoms with Crippen molar-refractivity contribution < 1.29 is 10.0 Å². The van der Waals surface area contributed by atoms with E-state index in [1.54, 1.807) is 13.0 Å². The summed E-state index contributed by atoms with van der Waals surface area (Å²) in [6.45, 7) is 7.13. The Morgan fingerprint density at radius 2 is 2.11 bits per heavy atom. The molecule has 1 rings (SSSR count). The van der Waals surface area contributed by atoms with Crippen LogP contribution in [0.5, 0.6) is 0 Å². The summed E-state index contributed by atoms with van der Waals surface area (Å²) in [7, 11) is 0. The topological polar surface area (TPSA) is 66.6 Å². The summed E-state index contributed by atoms with van der Waals surface area (Å²) in [5.74, 6) is 0. The van der Waals surface area contributed by atoms with Crippen molar-refractivity contribution >= 4 is 5.69 Å². The summed E-state index contributed by atoms with van der Waals surface area (Å²) < 4.78 is 0. The highest BCUT2D eigenvalue weighted by atomic mass is 16.6. The number of benzene rings is 1. The van der Waals surface area contributed by atoms with Gasteiger partial charge in [0.2, 0.25) is 0 Å². The molecule has 0 saturated carbocycles. The Morgan fingerprint density at radius 3 is 2.61 bits per heavy atom. The van der Waals surface area contributed by atoms with E-state index in [0.717, 1.165) is 5.56 Å². The van der Waals surface area contributed by atoms with Crippen LogP contribution in [-0.4, -0.2) is 34.1 Å². The van der Waals surface area contributed by atoms with Crippen LogP contribution in [0.1, 0.15) is 25.0 Å². The van der Waals surface area contributed by atoms with Crippen LogP contribution >= 0.6 is 0 Å². The molecule has 0 aliphatic heterocycles. The average molecular weight is 252 g/mol. The van der Waals surface area contributed by atoms with E-state index >= 15 is 0 Å². The molecule has 5 nitrogen and oxygen atoms in total. The summed E-state index contributed by atoms with van der Waals surface area (Å²) in [5.41, 5.74) is 1.79. The van der Waals surface area contributed by atoms with E-state index in [9.17, 15) is 10.1 Å². The largest absolute Gasteiger partial charge is 0.395 e. The van der Waals surface area contributed by atoms with Crippen LogP contribution in [0, 0.1) is 17.0 Å². The summed E-state index contributed by atoms with van der Waals surface area (Å²) in [6.07, 6.45) is 0. The molecular formula is C13H20N2O3. The van der Waals surface area contributed by atoms with Gasteiger partial charge in [-0.25, -0.2) is 0 Å². The number of nitro benzene ring substituents is 1. The van der Waals surface area contributed by atoms with E-state index in [-0.39, 0.29) is 23.3 Å². The van der Waals surface area contributed by atoms with Gasteiger partial charge in [-0.3, -0.25) is 15.0 Å². The minimum absolute atomic E-state index is 0.0894. The third-order valence-electron chi connectivity index (χ3n) is 3.11. The lowest BCUT2D eigenvalue weighted by Crippen LogP contribution is -2.33. The Morgan fingerprint density at radius 1 is 1.44 bits per heavy atom. The minimum Gasteiger partial charge on any atom is -0.395 e. The van der Waals surface area contributed by atoms with Crippen LogP contribution in [0.3, 0.4) is 0 Å². The molecule has 5 heteroatoms. The normalized spacial score (nSPS) is 11.2. The second-order valence-electron chi connectivity index (χ2n) is 4.61. The van der Waals surface area contributed by atoms with Crippen molar-refractivity contribution in [3.05, 3.63) is 39.4 Å². The van der Waals surface area contributed by atoms with Gasteiger partial charge < -0.3 is 5.11 Å². The van der Waals surface area contributed by atoms with Crippen LogP contribution in [-0.2, 0) is 6.54 Å². The molecule has 0 amide bonds. The van der Waals surface area contributed by atoms with Crippen LogP contribution in [0.4, 0.5) is 5.69 Å². The van der Waals surface area contributed by atoms with E-state index in [4.69, 9.17) is 5.11 Å². The average Bonchev–Trinajstić information content (AvgIpc) is 2.30. The Bertz CT molecular complexity index is 419. The highest BCUT2D eigenvalue weighted by Gasteiger charge is 2.16. The van der Waals surface area contributed by atoms with Gasteiger partial charge in [-0.05, 0) is 26.3 Å². The molecule has 0 aromatic heterocycles. The van der Waals surface area contributed by atoms with Gasteiger partial charge in [0.25, 0.3) is 5.69 Å². The third-order valence-corrected chi connectivity index (χ3v) is 3.11. The van der Waals surface area contributed by atoms with E-state index in [1.165, 1.54) is 6.07 Å². The smallest absolute Gasteiger partial charge is 0.272 e. The van der Waals surface area contributed by atoms with Gasteiger partial charge in [0.05, 0.1) is 11.5 Å². The summed E-state index contributed by atoms with van der Waals surface area (Å²) in [5, 5.41) is 19.9. The lowest BCUT2D eigenvalue weighted by atomic mass is 10.1. The van der Waals surface area contributed by atoms with Crippen molar-refractivity contribution in [1.29, 1.82) is 0 Å². The second-order valence-corrected chi connectivity index (χ2v) is 4.61. The van der Waals surface area contributed by atoms with Gasteiger partial charge in [-0.1, -0.05) is 12.1 Å². The molecule has 0 atom stereocenters. The molecule has 0 fully saturated rings. The molecule has 0 bridgehead atoms. The fourth-order valence-electron chi connectivity index (χ4n) is 1.91. The van der Waals surface area contributed by atoms with Crippen LogP contribution in [0.15, 0.2) is 18.2 Å². The van der Waals surface area contributed by atoms with Crippen molar-refractivity contribution in [2.24, 2.45) is 0 Å². The number of nitrogens with zero attached hydrogens (tertiary/aromatic N) is 2. The van der Waals surface area contributed by atoms with Crippen molar-refractivity contribution in [1.82, 2.24) is 4.90 Å². The van der Waals surface area contributed by atoms with E-state index < -0.39 is 0 Å². The first-order chi connectivity index (χ1) is 8.47. The number of nitro groups is 1. The predicted molar refractivity (Wildman–Crippen MR) is 70.5 cm³/mol. The van der Waals surface area contributed by atoms with Crippen molar-refractivity contribution in [2.45, 2.75) is 33.4 Å². The zero-order chi connectivity index (χ0) is 13.7. The lowest BCUT2D eigenvalue weighted by Gasteiger charge is -2.26. The van der Waals surface area contributed by atoms with Gasteiger partial charge >= 0.3 is 0 Å². The number of aliphatic hydroxyl groups excluding tert-OH is 1. The predicted octanol–water partition coefficient (Wildman–Crippen LogP) is 2.11. The number of rotatable bonds is 6. The molecule has 0 radical (unpaired) electrons. The third kappa shape index (κ3) is 3.51. The molecule has 18 heavy (non-hydrogen) atoms. The molecule has 0 spiro atoms. The fourth-order valence-corrected chi connectivity index (χ4v) is 1.91. The van der Waals surface area contributed by atoms with Crippen molar-refractivity contribution in [3.8, 4) is 0 Å². The Labute approximate surface area is 107 Å². The summed E-state index contributed by atoms with van der Waals surface area (Å²) in [4.78, 5) is 12.6. The number of hydrogen-bond donors (Lipinski definition) is 1. The highest BCUT2D eigenvalue weighted by Crippen LogP contribution is 2.22. The van der Waals surface area contributed by atoms with E-state index in [0.29, 0.717) is 18.7 Å². The Hall–Kier alpha value is -1.46. The highest BCUT2D eigenvalue weighted by molar-refractivity contribution is 5.44. The van der Waals surface area contributed by atoms with Gasteiger partial charge in [0.1, 0.15) is 0 Å². The molecule has 1 N–H and O–H groups in total. The van der Waals surface area contributed by atoms with Crippen LogP contribution < -0.4 is 0 Å². The molecule has 0 unspecified atom stereocenters. The van der Waals surface area contributed by atoms with Gasteiger partial charge in [-0.2, -0.15) is 0 Å². The molecule has 100 valence electrons. The maximum atomic E-state index is 10.9. The Kier molecular flexibility index (Phi) is 5.25. The van der Waals surface area contributed by atoms with Gasteiger partial charge in [0, 0.05) is 30.8 Å². The molecular weight excluding hydrogens is 232 g/mol. The maximum Gasteiger partial charge on any atom is 0.272 e. The van der Waals surface area contributed by atoms with Crippen LogP contribution in [0.2, 0.25) is 0 Å². The fraction of sp³-hybridized carbons (Fsp3) is 0.538. The van der Waals surface area contributed by atoms with Crippen LogP contribution in [0.25, 0.3) is 0 Å². The number of hydrogen-bond acceptors (Lipinski definition) is 4. The SMILES string of the molecule is Cc1c(CN(CCO)C(C)C)cccc1[N+](=O)[O-]. The first kappa shape index (κ1) is 14.6.